The van der Waals surface area contributed by atoms with Crippen LogP contribution in [0.3, 0.4) is 0 Å². The molecule has 0 saturated carbocycles. The van der Waals surface area contributed by atoms with Crippen LogP contribution in [0.1, 0.15) is 11.1 Å². The predicted octanol–water partition coefficient (Wildman–Crippen LogP) is 2.84. The highest BCUT2D eigenvalue weighted by atomic mass is 32.1. The van der Waals surface area contributed by atoms with Gasteiger partial charge in [0.15, 0.2) is 16.3 Å². The molecule has 3 N–H and O–H groups in total. The quantitative estimate of drug-likeness (QED) is 0.441. The van der Waals surface area contributed by atoms with Gasteiger partial charge in [0.1, 0.15) is 5.56 Å². The van der Waals surface area contributed by atoms with E-state index >= 15 is 0 Å². The second kappa shape index (κ2) is 7.50. The molecule has 0 amide bonds. The lowest BCUT2D eigenvalue weighted by Crippen LogP contribution is -2.16. The van der Waals surface area contributed by atoms with Crippen molar-refractivity contribution in [1.82, 2.24) is 9.55 Å². The Morgan fingerprint density at radius 1 is 1.42 bits per heavy atom. The van der Waals surface area contributed by atoms with E-state index in [0.717, 1.165) is 0 Å². The number of H-pyrrole nitrogens is 1. The molecule has 0 aliphatic heterocycles. The van der Waals surface area contributed by atoms with Gasteiger partial charge in [-0.25, -0.2) is 0 Å². The van der Waals surface area contributed by atoms with Crippen LogP contribution in [0.15, 0.2) is 41.4 Å². The first-order valence-corrected chi connectivity index (χ1v) is 7.35. The van der Waals surface area contributed by atoms with Crippen molar-refractivity contribution in [1.29, 1.82) is 0 Å². The summed E-state index contributed by atoms with van der Waals surface area (Å²) in [6.45, 7) is 3.85. The first kappa shape index (κ1) is 17.3. The van der Waals surface area contributed by atoms with Crippen molar-refractivity contribution in [3.8, 4) is 17.4 Å². The highest BCUT2D eigenvalue weighted by Gasteiger charge is 2.08. The summed E-state index contributed by atoms with van der Waals surface area (Å²) < 4.78 is 6.48. The Balaban J connectivity index is 2.45. The predicted molar refractivity (Wildman–Crippen MR) is 94.8 cm³/mol. The Kier molecular flexibility index (Phi) is 5.42. The molecule has 0 atom stereocenters. The highest BCUT2D eigenvalue weighted by molar-refractivity contribution is 7.71. The van der Waals surface area contributed by atoms with E-state index in [9.17, 15) is 15.0 Å². The number of hydrogen-bond acceptors (Lipinski definition) is 5. The van der Waals surface area contributed by atoms with Crippen LogP contribution in [0.2, 0.25) is 0 Å². The topological polar surface area (TPSA) is 87.5 Å². The van der Waals surface area contributed by atoms with Gasteiger partial charge >= 0.3 is 0 Å². The van der Waals surface area contributed by atoms with Crippen molar-refractivity contribution in [3.05, 3.63) is 62.8 Å². The Morgan fingerprint density at radius 2 is 2.17 bits per heavy atom. The van der Waals surface area contributed by atoms with Crippen molar-refractivity contribution in [2.45, 2.75) is 6.54 Å². The Labute approximate surface area is 143 Å². The van der Waals surface area contributed by atoms with Crippen LogP contribution in [-0.4, -0.2) is 26.9 Å². The van der Waals surface area contributed by atoms with Crippen molar-refractivity contribution >= 4 is 24.4 Å². The summed E-state index contributed by atoms with van der Waals surface area (Å²) in [5.41, 5.74) is 3.05. The number of nitrogens with zero attached hydrogens (tertiary/aromatic N) is 1. The standard InChI is InChI=1S/C17H16N2O4S/c1-3-9-19-16(22)12(15(21)18-17(19)24)6-4-5-11-7-8-13(20)14(10-11)23-2/h3,5-8,10,20,22H,1,9H2,2H3,(H,18,21,24). The van der Waals surface area contributed by atoms with E-state index in [1.54, 1.807) is 24.3 Å². The monoisotopic (exact) mass is 344 g/mol. The lowest BCUT2D eigenvalue weighted by atomic mass is 10.2. The molecule has 0 bridgehead atoms. The molecule has 0 aliphatic rings. The Morgan fingerprint density at radius 3 is 2.83 bits per heavy atom. The van der Waals surface area contributed by atoms with Gasteiger partial charge in [-0.3, -0.25) is 14.3 Å². The minimum atomic E-state index is -0.512. The summed E-state index contributed by atoms with van der Waals surface area (Å²) in [6, 6.07) is 4.76. The first-order valence-electron chi connectivity index (χ1n) is 6.94. The number of rotatable bonds is 5. The average Bonchev–Trinajstić information content (AvgIpc) is 2.56. The molecule has 0 aliphatic carbocycles. The number of aromatic nitrogens is 2. The summed E-state index contributed by atoms with van der Waals surface area (Å²) in [5.74, 6) is 0.0950. The second-order valence-corrected chi connectivity index (χ2v) is 5.17. The molecule has 1 heterocycles. The molecule has 6 nitrogen and oxygen atoms in total. The molecule has 124 valence electrons. The van der Waals surface area contributed by atoms with E-state index in [1.165, 1.54) is 23.8 Å². The summed E-state index contributed by atoms with van der Waals surface area (Å²) in [4.78, 5) is 14.4. The fourth-order valence-corrected chi connectivity index (χ4v) is 2.26. The Hall–Kier alpha value is -3.02. The van der Waals surface area contributed by atoms with E-state index in [2.05, 4.69) is 17.3 Å². The number of methoxy groups -OCH3 is 1. The van der Waals surface area contributed by atoms with Crippen molar-refractivity contribution in [3.63, 3.8) is 0 Å². The molecule has 2 rings (SSSR count). The molecule has 1 aromatic heterocycles. The van der Waals surface area contributed by atoms with Gasteiger partial charge in [-0.05, 0) is 42.1 Å². The number of phenolic OH excluding ortho intramolecular Hbond substituents is 1. The van der Waals surface area contributed by atoms with Gasteiger partial charge in [-0.2, -0.15) is 0 Å². The zero-order valence-corrected chi connectivity index (χ0v) is 13.8. The lowest BCUT2D eigenvalue weighted by Gasteiger charge is -2.08. The zero-order chi connectivity index (χ0) is 17.7. The maximum absolute atomic E-state index is 11.9. The number of allylic oxidation sites excluding steroid dienone is 1. The molecular weight excluding hydrogens is 328 g/mol. The molecule has 0 spiro atoms. The smallest absolute Gasteiger partial charge is 0.263 e. The van der Waals surface area contributed by atoms with Gasteiger partial charge in [0.05, 0.1) is 7.11 Å². The summed E-state index contributed by atoms with van der Waals surface area (Å²) in [7, 11) is 1.45. The van der Waals surface area contributed by atoms with Crippen molar-refractivity contribution in [2.75, 3.05) is 7.11 Å². The van der Waals surface area contributed by atoms with Crippen LogP contribution < -0.4 is 10.3 Å². The molecule has 7 heteroatoms. The van der Waals surface area contributed by atoms with Gasteiger partial charge in [0, 0.05) is 6.54 Å². The van der Waals surface area contributed by atoms with E-state index in [4.69, 9.17) is 17.0 Å². The maximum Gasteiger partial charge on any atom is 0.263 e. The normalized spacial score (nSPS) is 9.88. The van der Waals surface area contributed by atoms with E-state index < -0.39 is 5.56 Å². The van der Waals surface area contributed by atoms with Crippen LogP contribution in [0, 0.1) is 4.77 Å². The van der Waals surface area contributed by atoms with E-state index in [1.807, 2.05) is 0 Å². The van der Waals surface area contributed by atoms with Gasteiger partial charge in [-0.1, -0.05) is 12.1 Å². The van der Waals surface area contributed by atoms with Gasteiger partial charge in [0.25, 0.3) is 5.56 Å². The number of aromatic hydroxyl groups is 2. The van der Waals surface area contributed by atoms with Crippen LogP contribution in [0.4, 0.5) is 0 Å². The van der Waals surface area contributed by atoms with Crippen molar-refractivity contribution < 1.29 is 14.9 Å². The molecule has 1 aromatic carbocycles. The molecule has 0 saturated heterocycles. The fourth-order valence-electron chi connectivity index (χ4n) is 2.01. The zero-order valence-electron chi connectivity index (χ0n) is 12.9. The van der Waals surface area contributed by atoms with Crippen LogP contribution in [-0.2, 0) is 6.54 Å². The lowest BCUT2D eigenvalue weighted by molar-refractivity contribution is 0.373. The number of nitrogens with one attached hydrogen (secondary N) is 1. The highest BCUT2D eigenvalue weighted by Crippen LogP contribution is 2.26. The number of ether oxygens (including phenoxy) is 1. The number of benzene rings is 1. The molecular formula is C17H16N2O4S. The third-order valence-corrected chi connectivity index (χ3v) is 3.52. The SMILES string of the molecule is C=CCn1c(O)c(C=C=Cc2ccc(O)c(OC)c2)c(=O)[nH]c1=S. The van der Waals surface area contributed by atoms with Gasteiger partial charge < -0.3 is 14.9 Å². The molecule has 0 unspecified atom stereocenters. The summed E-state index contributed by atoms with van der Waals surface area (Å²) in [5, 5.41) is 19.7. The van der Waals surface area contributed by atoms with Crippen LogP contribution in [0.5, 0.6) is 17.4 Å². The molecule has 0 fully saturated rings. The molecule has 0 radical (unpaired) electrons. The van der Waals surface area contributed by atoms with E-state index in [0.29, 0.717) is 11.3 Å². The largest absolute Gasteiger partial charge is 0.504 e. The fraction of sp³-hybridized carbons (Fsp3) is 0.118. The molecule has 2 aromatic rings. The minimum Gasteiger partial charge on any atom is -0.504 e. The molecule has 24 heavy (non-hydrogen) atoms. The summed E-state index contributed by atoms with van der Waals surface area (Å²) >= 11 is 5.00. The first-order chi connectivity index (χ1) is 11.5. The average molecular weight is 344 g/mol. The summed E-state index contributed by atoms with van der Waals surface area (Å²) in [6.07, 6.45) is 4.49. The van der Waals surface area contributed by atoms with Gasteiger partial charge in [-0.15, -0.1) is 12.3 Å². The Bertz CT molecular complexity index is 950. The minimum absolute atomic E-state index is 0.0271. The second-order valence-electron chi connectivity index (χ2n) is 4.78. The van der Waals surface area contributed by atoms with Crippen LogP contribution >= 0.6 is 12.2 Å². The number of aromatic amines is 1. The number of hydrogen-bond donors (Lipinski definition) is 3. The van der Waals surface area contributed by atoms with Gasteiger partial charge in [0.2, 0.25) is 5.88 Å². The van der Waals surface area contributed by atoms with E-state index in [-0.39, 0.29) is 28.5 Å². The maximum atomic E-state index is 11.9. The number of phenols is 1. The third kappa shape index (κ3) is 3.65. The third-order valence-electron chi connectivity index (χ3n) is 3.20. The van der Waals surface area contributed by atoms with Crippen LogP contribution in [0.25, 0.3) is 12.2 Å². The van der Waals surface area contributed by atoms with Crippen molar-refractivity contribution in [2.24, 2.45) is 0 Å².